The molecule has 138 valence electrons. The van der Waals surface area contributed by atoms with Crippen LogP contribution in [0.25, 0.3) is 0 Å². The molecule has 1 amide bonds. The van der Waals surface area contributed by atoms with Crippen LogP contribution in [-0.4, -0.2) is 32.3 Å². The van der Waals surface area contributed by atoms with Crippen LogP contribution in [0.3, 0.4) is 0 Å². The number of rotatable bonds is 5. The number of amides is 1. The topological polar surface area (TPSA) is 66.5 Å². The van der Waals surface area contributed by atoms with E-state index in [0.29, 0.717) is 18.7 Å². The lowest BCUT2D eigenvalue weighted by Crippen LogP contribution is -2.31. The highest BCUT2D eigenvalue weighted by atomic mass is 32.2. The second-order valence-electron chi connectivity index (χ2n) is 6.54. The van der Waals surface area contributed by atoms with Crippen LogP contribution in [0.4, 0.5) is 0 Å². The number of carbonyl (C=O) groups excluding carboxylic acids is 1. The van der Waals surface area contributed by atoms with Crippen LogP contribution in [-0.2, 0) is 10.0 Å². The summed E-state index contributed by atoms with van der Waals surface area (Å²) in [6.45, 7) is 4.77. The Morgan fingerprint density at radius 3 is 2.69 bits per heavy atom. The summed E-state index contributed by atoms with van der Waals surface area (Å²) in [5, 5.41) is 0. The molecule has 0 aliphatic carbocycles. The zero-order chi connectivity index (χ0) is 18.7. The fourth-order valence-corrected chi connectivity index (χ4v) is 4.62. The first kappa shape index (κ1) is 18.6. The number of hydrogen-bond donors (Lipinski definition) is 1. The first-order chi connectivity index (χ1) is 12.4. The van der Waals surface area contributed by atoms with E-state index in [-0.39, 0.29) is 16.8 Å². The van der Waals surface area contributed by atoms with Crippen LogP contribution in [0.2, 0.25) is 0 Å². The van der Waals surface area contributed by atoms with Gasteiger partial charge in [-0.1, -0.05) is 37.3 Å². The summed E-state index contributed by atoms with van der Waals surface area (Å²) in [6, 6.07) is 14.4. The quantitative estimate of drug-likeness (QED) is 0.876. The van der Waals surface area contributed by atoms with Crippen LogP contribution >= 0.6 is 0 Å². The molecule has 2 aromatic carbocycles. The highest BCUT2D eigenvalue weighted by Crippen LogP contribution is 2.34. The lowest BCUT2D eigenvalue weighted by molar-refractivity contribution is 0.0735. The molecule has 3 rings (SSSR count). The Balaban J connectivity index is 1.91. The van der Waals surface area contributed by atoms with Crippen molar-refractivity contribution in [2.75, 3.05) is 13.1 Å². The van der Waals surface area contributed by atoms with E-state index in [9.17, 15) is 13.2 Å². The molecule has 1 unspecified atom stereocenters. The minimum atomic E-state index is -3.58. The lowest BCUT2D eigenvalue weighted by Gasteiger charge is -2.26. The van der Waals surface area contributed by atoms with Crippen LogP contribution < -0.4 is 4.72 Å². The van der Waals surface area contributed by atoms with Gasteiger partial charge in [0.25, 0.3) is 5.91 Å². The van der Waals surface area contributed by atoms with Crippen molar-refractivity contribution >= 4 is 15.9 Å². The van der Waals surface area contributed by atoms with E-state index in [1.165, 1.54) is 17.7 Å². The van der Waals surface area contributed by atoms with Gasteiger partial charge in [0.05, 0.1) is 10.9 Å². The summed E-state index contributed by atoms with van der Waals surface area (Å²) in [7, 11) is -3.58. The molecule has 0 bridgehead atoms. The van der Waals surface area contributed by atoms with Crippen molar-refractivity contribution in [3.63, 3.8) is 0 Å². The maximum absolute atomic E-state index is 13.1. The van der Waals surface area contributed by atoms with Gasteiger partial charge in [-0.3, -0.25) is 4.79 Å². The van der Waals surface area contributed by atoms with E-state index in [1.54, 1.807) is 19.1 Å². The van der Waals surface area contributed by atoms with Crippen molar-refractivity contribution in [2.24, 2.45) is 0 Å². The first-order valence-corrected chi connectivity index (χ1v) is 10.4. The average molecular weight is 372 g/mol. The van der Waals surface area contributed by atoms with E-state index in [2.05, 4.69) is 23.8 Å². The second-order valence-corrected chi connectivity index (χ2v) is 8.31. The van der Waals surface area contributed by atoms with Gasteiger partial charge in [0.1, 0.15) is 0 Å². The van der Waals surface area contributed by atoms with E-state index in [1.807, 2.05) is 17.0 Å². The summed E-state index contributed by atoms with van der Waals surface area (Å²) in [5.41, 5.74) is 2.74. The summed E-state index contributed by atoms with van der Waals surface area (Å²) in [6.07, 6.45) is 1.87. The van der Waals surface area contributed by atoms with Crippen molar-refractivity contribution in [2.45, 2.75) is 37.6 Å². The smallest absolute Gasteiger partial charge is 0.254 e. The van der Waals surface area contributed by atoms with Gasteiger partial charge in [-0.05, 0) is 49.1 Å². The molecule has 26 heavy (non-hydrogen) atoms. The van der Waals surface area contributed by atoms with E-state index in [4.69, 9.17) is 0 Å². The Hall–Kier alpha value is -2.18. The van der Waals surface area contributed by atoms with Gasteiger partial charge >= 0.3 is 0 Å². The maximum Gasteiger partial charge on any atom is 0.254 e. The van der Waals surface area contributed by atoms with Crippen molar-refractivity contribution in [1.82, 2.24) is 9.62 Å². The summed E-state index contributed by atoms with van der Waals surface area (Å²) >= 11 is 0. The number of likely N-dealkylation sites (tertiary alicyclic amines) is 1. The molecule has 1 saturated heterocycles. The van der Waals surface area contributed by atoms with Crippen LogP contribution in [0, 0.1) is 6.92 Å². The van der Waals surface area contributed by atoms with Gasteiger partial charge in [0.2, 0.25) is 10.0 Å². The Labute approximate surface area is 155 Å². The van der Waals surface area contributed by atoms with E-state index < -0.39 is 10.0 Å². The number of hydrogen-bond acceptors (Lipinski definition) is 3. The second kappa shape index (κ2) is 7.60. The maximum atomic E-state index is 13.1. The number of sulfonamides is 1. The summed E-state index contributed by atoms with van der Waals surface area (Å²) < 4.78 is 26.9. The number of benzene rings is 2. The van der Waals surface area contributed by atoms with E-state index in [0.717, 1.165) is 18.4 Å². The molecule has 0 saturated carbocycles. The average Bonchev–Trinajstić information content (AvgIpc) is 3.11. The van der Waals surface area contributed by atoms with Gasteiger partial charge in [-0.2, -0.15) is 0 Å². The molecule has 1 N–H and O–H groups in total. The Morgan fingerprint density at radius 2 is 1.96 bits per heavy atom. The van der Waals surface area contributed by atoms with Crippen LogP contribution in [0.15, 0.2) is 53.4 Å². The molecule has 0 aromatic heterocycles. The number of nitrogens with zero attached hydrogens (tertiary/aromatic N) is 1. The molecular weight excluding hydrogens is 348 g/mol. The first-order valence-electron chi connectivity index (χ1n) is 8.90. The third-order valence-corrected chi connectivity index (χ3v) is 6.33. The summed E-state index contributed by atoms with van der Waals surface area (Å²) in [5.74, 6) is -0.121. The molecule has 2 aromatic rings. The molecule has 1 fully saturated rings. The predicted octanol–water partition coefficient (Wildman–Crippen LogP) is 3.27. The largest absolute Gasteiger partial charge is 0.332 e. The third kappa shape index (κ3) is 3.66. The molecule has 1 aliphatic heterocycles. The third-order valence-electron chi connectivity index (χ3n) is 4.79. The molecule has 0 radical (unpaired) electrons. The number of carbonyl (C=O) groups is 1. The zero-order valence-electron chi connectivity index (χ0n) is 15.1. The highest BCUT2D eigenvalue weighted by Gasteiger charge is 2.31. The van der Waals surface area contributed by atoms with Crippen molar-refractivity contribution < 1.29 is 13.2 Å². The Kier molecular flexibility index (Phi) is 5.44. The van der Waals surface area contributed by atoms with Gasteiger partial charge < -0.3 is 4.90 Å². The van der Waals surface area contributed by atoms with Crippen molar-refractivity contribution in [3.05, 3.63) is 65.2 Å². The molecule has 5 nitrogen and oxygen atoms in total. The highest BCUT2D eigenvalue weighted by molar-refractivity contribution is 7.89. The normalized spacial score (nSPS) is 17.5. The molecular formula is C20H24N2O3S. The van der Waals surface area contributed by atoms with Crippen molar-refractivity contribution in [3.8, 4) is 0 Å². The van der Waals surface area contributed by atoms with E-state index >= 15 is 0 Å². The lowest BCUT2D eigenvalue weighted by atomic mass is 9.99. The summed E-state index contributed by atoms with van der Waals surface area (Å²) in [4.78, 5) is 15.1. The fourth-order valence-electron chi connectivity index (χ4n) is 3.53. The van der Waals surface area contributed by atoms with Gasteiger partial charge in [-0.25, -0.2) is 13.1 Å². The zero-order valence-corrected chi connectivity index (χ0v) is 15.9. The Morgan fingerprint density at radius 1 is 1.19 bits per heavy atom. The molecule has 1 heterocycles. The fraction of sp³-hybridized carbons (Fsp3) is 0.350. The standard InChI is InChI=1S/C20H24N2O3S/c1-3-21-26(24,25)17-10-6-9-16(14-17)20(23)22-13-7-12-19(22)18-11-5-4-8-15(18)2/h4-6,8-11,14,19,21H,3,7,12-13H2,1-2H3. The minimum absolute atomic E-state index is 0.0396. The van der Waals surface area contributed by atoms with Gasteiger partial charge in [0, 0.05) is 18.7 Å². The predicted molar refractivity (Wildman–Crippen MR) is 101 cm³/mol. The number of nitrogens with one attached hydrogen (secondary N) is 1. The Bertz CT molecular complexity index is 909. The van der Waals surface area contributed by atoms with Gasteiger partial charge in [0.15, 0.2) is 0 Å². The molecule has 0 spiro atoms. The van der Waals surface area contributed by atoms with Gasteiger partial charge in [-0.15, -0.1) is 0 Å². The van der Waals surface area contributed by atoms with Crippen LogP contribution in [0.5, 0.6) is 0 Å². The minimum Gasteiger partial charge on any atom is -0.332 e. The SMILES string of the molecule is CCNS(=O)(=O)c1cccc(C(=O)N2CCCC2c2ccccc2C)c1. The molecule has 1 aliphatic rings. The molecule has 1 atom stereocenters. The monoisotopic (exact) mass is 372 g/mol. The van der Waals surface area contributed by atoms with Crippen LogP contribution in [0.1, 0.15) is 47.3 Å². The number of aryl methyl sites for hydroxylation is 1. The molecule has 6 heteroatoms. The van der Waals surface area contributed by atoms with Crippen molar-refractivity contribution in [1.29, 1.82) is 0 Å².